The summed E-state index contributed by atoms with van der Waals surface area (Å²) in [5.74, 6) is 0.749. The number of carbonyl (C=O) groups excluding carboxylic acids is 1. The van der Waals surface area contributed by atoms with Gasteiger partial charge in [-0.1, -0.05) is 18.6 Å². The van der Waals surface area contributed by atoms with E-state index in [2.05, 4.69) is 21.2 Å². The minimum Gasteiger partial charge on any atom is -0.325 e. The molecule has 3 heteroatoms. The van der Waals surface area contributed by atoms with E-state index in [0.717, 1.165) is 10.2 Å². The summed E-state index contributed by atoms with van der Waals surface area (Å²) < 4.78 is 0.937. The van der Waals surface area contributed by atoms with E-state index in [1.807, 2.05) is 24.3 Å². The van der Waals surface area contributed by atoms with Crippen molar-refractivity contribution in [3.63, 3.8) is 0 Å². The number of anilines is 1. The quantitative estimate of drug-likeness (QED) is 0.891. The van der Waals surface area contributed by atoms with Crippen LogP contribution in [0.1, 0.15) is 25.7 Å². The summed E-state index contributed by atoms with van der Waals surface area (Å²) in [7, 11) is 0. The molecule has 1 aromatic rings. The van der Waals surface area contributed by atoms with Crippen LogP contribution in [0, 0.1) is 5.92 Å². The van der Waals surface area contributed by atoms with Crippen LogP contribution in [0.4, 0.5) is 5.69 Å². The van der Waals surface area contributed by atoms with Gasteiger partial charge in [0.25, 0.3) is 0 Å². The topological polar surface area (TPSA) is 29.1 Å². The third kappa shape index (κ3) is 2.81. The van der Waals surface area contributed by atoms with Crippen molar-refractivity contribution in [3.05, 3.63) is 28.7 Å². The highest BCUT2D eigenvalue weighted by Crippen LogP contribution is 2.30. The molecule has 1 aromatic carbocycles. The molecule has 1 fully saturated rings. The molecule has 0 aromatic heterocycles. The maximum absolute atomic E-state index is 11.6. The van der Waals surface area contributed by atoms with E-state index in [1.54, 1.807) is 0 Å². The first-order chi connectivity index (χ1) is 7.25. The predicted molar refractivity (Wildman–Crippen MR) is 64.7 cm³/mol. The van der Waals surface area contributed by atoms with Gasteiger partial charge < -0.3 is 5.32 Å². The second kappa shape index (κ2) is 4.79. The van der Waals surface area contributed by atoms with Crippen molar-refractivity contribution in [2.75, 3.05) is 5.32 Å². The number of benzene rings is 1. The first kappa shape index (κ1) is 10.7. The largest absolute Gasteiger partial charge is 0.325 e. The summed E-state index contributed by atoms with van der Waals surface area (Å²) in [5, 5.41) is 2.92. The fourth-order valence-electron chi connectivity index (χ4n) is 1.72. The number of carbonyl (C=O) groups is 1. The molecule has 0 saturated heterocycles. The maximum Gasteiger partial charge on any atom is 0.224 e. The van der Waals surface area contributed by atoms with Gasteiger partial charge in [-0.25, -0.2) is 0 Å². The number of para-hydroxylation sites is 1. The van der Waals surface area contributed by atoms with Gasteiger partial charge in [0, 0.05) is 10.9 Å². The Morgan fingerprint density at radius 2 is 2.13 bits per heavy atom. The molecule has 0 bridgehead atoms. The molecular formula is C12H14BrNO. The standard InChI is InChI=1S/C12H14BrNO/c13-10-6-1-2-7-11(10)14-12(15)8-9-4-3-5-9/h1-2,6-7,9H,3-5,8H2,(H,14,15). The lowest BCUT2D eigenvalue weighted by Gasteiger charge is -2.24. The second-order valence-corrected chi connectivity index (χ2v) is 4.88. The normalized spacial score (nSPS) is 15.8. The Bertz CT molecular complexity index is 360. The number of halogens is 1. The molecule has 1 aliphatic carbocycles. The zero-order chi connectivity index (χ0) is 10.7. The molecule has 0 unspecified atom stereocenters. The lowest BCUT2D eigenvalue weighted by Crippen LogP contribution is -2.20. The molecule has 2 rings (SSSR count). The Kier molecular flexibility index (Phi) is 3.41. The third-order valence-electron chi connectivity index (χ3n) is 2.85. The molecule has 1 N–H and O–H groups in total. The Morgan fingerprint density at radius 3 is 2.73 bits per heavy atom. The average Bonchev–Trinajstić information content (AvgIpc) is 2.16. The van der Waals surface area contributed by atoms with Gasteiger partial charge in [-0.2, -0.15) is 0 Å². The summed E-state index contributed by atoms with van der Waals surface area (Å²) in [6.07, 6.45) is 4.38. The molecule has 1 aliphatic rings. The predicted octanol–water partition coefficient (Wildman–Crippen LogP) is 3.58. The zero-order valence-electron chi connectivity index (χ0n) is 8.50. The monoisotopic (exact) mass is 267 g/mol. The van der Waals surface area contributed by atoms with E-state index in [1.165, 1.54) is 19.3 Å². The molecule has 0 atom stereocenters. The molecule has 80 valence electrons. The van der Waals surface area contributed by atoms with Gasteiger partial charge in [-0.05, 0) is 46.8 Å². The Hall–Kier alpha value is -0.830. The SMILES string of the molecule is O=C(CC1CCC1)Nc1ccccc1Br. The molecule has 2 nitrogen and oxygen atoms in total. The van der Waals surface area contributed by atoms with Crippen LogP contribution in [0.2, 0.25) is 0 Å². The smallest absolute Gasteiger partial charge is 0.224 e. The van der Waals surface area contributed by atoms with Crippen LogP contribution in [0.25, 0.3) is 0 Å². The van der Waals surface area contributed by atoms with Gasteiger partial charge >= 0.3 is 0 Å². The van der Waals surface area contributed by atoms with Crippen LogP contribution in [-0.4, -0.2) is 5.91 Å². The van der Waals surface area contributed by atoms with Crippen molar-refractivity contribution in [1.29, 1.82) is 0 Å². The highest BCUT2D eigenvalue weighted by Gasteiger charge is 2.20. The number of hydrogen-bond donors (Lipinski definition) is 1. The summed E-state index contributed by atoms with van der Waals surface area (Å²) >= 11 is 3.41. The molecule has 0 radical (unpaired) electrons. The van der Waals surface area contributed by atoms with E-state index >= 15 is 0 Å². The van der Waals surface area contributed by atoms with E-state index in [0.29, 0.717) is 12.3 Å². The second-order valence-electron chi connectivity index (χ2n) is 4.03. The first-order valence-corrected chi connectivity index (χ1v) is 6.09. The van der Waals surface area contributed by atoms with Gasteiger partial charge in [0.05, 0.1) is 5.69 Å². The van der Waals surface area contributed by atoms with E-state index in [9.17, 15) is 4.79 Å². The van der Waals surface area contributed by atoms with Crippen LogP contribution in [0.3, 0.4) is 0 Å². The lowest BCUT2D eigenvalue weighted by atomic mass is 9.83. The van der Waals surface area contributed by atoms with E-state index in [-0.39, 0.29) is 5.91 Å². The zero-order valence-corrected chi connectivity index (χ0v) is 10.1. The van der Waals surface area contributed by atoms with Crippen molar-refractivity contribution in [2.45, 2.75) is 25.7 Å². The van der Waals surface area contributed by atoms with Crippen molar-refractivity contribution in [2.24, 2.45) is 5.92 Å². The van der Waals surface area contributed by atoms with Crippen molar-refractivity contribution in [1.82, 2.24) is 0 Å². The van der Waals surface area contributed by atoms with Crippen molar-refractivity contribution in [3.8, 4) is 0 Å². The summed E-state index contributed by atoms with van der Waals surface area (Å²) in [4.78, 5) is 11.6. The van der Waals surface area contributed by atoms with Crippen molar-refractivity contribution < 1.29 is 4.79 Å². The summed E-state index contributed by atoms with van der Waals surface area (Å²) in [6.45, 7) is 0. The van der Waals surface area contributed by atoms with Gasteiger partial charge in [-0.15, -0.1) is 0 Å². The van der Waals surface area contributed by atoms with Crippen LogP contribution >= 0.6 is 15.9 Å². The van der Waals surface area contributed by atoms with Gasteiger partial charge in [-0.3, -0.25) is 4.79 Å². The number of hydrogen-bond acceptors (Lipinski definition) is 1. The van der Waals surface area contributed by atoms with Gasteiger partial charge in [0.1, 0.15) is 0 Å². The van der Waals surface area contributed by atoms with Crippen LogP contribution in [-0.2, 0) is 4.79 Å². The minimum absolute atomic E-state index is 0.131. The fourth-order valence-corrected chi connectivity index (χ4v) is 2.11. The van der Waals surface area contributed by atoms with Crippen LogP contribution in [0.5, 0.6) is 0 Å². The van der Waals surface area contributed by atoms with Crippen molar-refractivity contribution >= 4 is 27.5 Å². The molecule has 1 amide bonds. The summed E-state index contributed by atoms with van der Waals surface area (Å²) in [6, 6.07) is 7.69. The first-order valence-electron chi connectivity index (χ1n) is 5.30. The van der Waals surface area contributed by atoms with Crippen LogP contribution < -0.4 is 5.32 Å². The number of rotatable bonds is 3. The average molecular weight is 268 g/mol. The number of amides is 1. The Balaban J connectivity index is 1.90. The molecular weight excluding hydrogens is 254 g/mol. The molecule has 0 heterocycles. The third-order valence-corrected chi connectivity index (χ3v) is 3.54. The molecule has 15 heavy (non-hydrogen) atoms. The van der Waals surface area contributed by atoms with Gasteiger partial charge in [0.2, 0.25) is 5.91 Å². The number of nitrogens with one attached hydrogen (secondary N) is 1. The van der Waals surface area contributed by atoms with Gasteiger partial charge in [0.15, 0.2) is 0 Å². The van der Waals surface area contributed by atoms with Crippen LogP contribution in [0.15, 0.2) is 28.7 Å². The Morgan fingerprint density at radius 1 is 1.40 bits per heavy atom. The molecule has 1 saturated carbocycles. The highest BCUT2D eigenvalue weighted by molar-refractivity contribution is 9.10. The lowest BCUT2D eigenvalue weighted by molar-refractivity contribution is -0.117. The van der Waals surface area contributed by atoms with E-state index < -0.39 is 0 Å². The summed E-state index contributed by atoms with van der Waals surface area (Å²) in [5.41, 5.74) is 0.863. The highest BCUT2D eigenvalue weighted by atomic mass is 79.9. The molecule has 0 aliphatic heterocycles. The van der Waals surface area contributed by atoms with E-state index in [4.69, 9.17) is 0 Å². The fraction of sp³-hybridized carbons (Fsp3) is 0.417. The molecule has 0 spiro atoms. The Labute approximate surface area is 98.2 Å². The maximum atomic E-state index is 11.6. The minimum atomic E-state index is 0.131.